The van der Waals surface area contributed by atoms with Crippen LogP contribution in [-0.4, -0.2) is 35.6 Å². The molecule has 0 spiro atoms. The topological polar surface area (TPSA) is 66.6 Å². The molecule has 4 nitrogen and oxygen atoms in total. The van der Waals surface area contributed by atoms with Gasteiger partial charge in [0.05, 0.1) is 5.56 Å². The molecule has 1 atom stereocenters. The number of nitrogen functional groups attached to an aromatic ring is 1. The molecule has 1 fully saturated rings. The number of aliphatic hydroxyl groups is 1. The Bertz CT molecular complexity index is 463. The number of nitrogens with two attached hydrogens (primary N) is 1. The summed E-state index contributed by atoms with van der Waals surface area (Å²) in [5.74, 6) is 0.341. The number of piperidine rings is 1. The number of nitrogens with zero attached hydrogens (tertiary/aromatic N) is 1. The van der Waals surface area contributed by atoms with Gasteiger partial charge < -0.3 is 15.7 Å². The predicted octanol–water partition coefficient (Wildman–Crippen LogP) is 2.16. The van der Waals surface area contributed by atoms with Crippen LogP contribution in [-0.2, 0) is 0 Å². The number of carbonyl (C=O) groups is 1. The highest BCUT2D eigenvalue weighted by atomic mass is 35.5. The molecule has 0 radical (unpaired) electrons. The number of halogens is 1. The minimum Gasteiger partial charge on any atom is -0.398 e. The van der Waals surface area contributed by atoms with E-state index >= 15 is 0 Å². The lowest BCUT2D eigenvalue weighted by molar-refractivity contribution is 0.0654. The third kappa shape index (κ3) is 3.39. The number of hydrogen-bond donors (Lipinski definition) is 2. The first-order valence-electron chi connectivity index (χ1n) is 6.57. The number of anilines is 1. The maximum absolute atomic E-state index is 12.4. The van der Waals surface area contributed by atoms with Crippen LogP contribution in [0.15, 0.2) is 18.2 Å². The summed E-state index contributed by atoms with van der Waals surface area (Å²) in [6.07, 6.45) is 2.80. The van der Waals surface area contributed by atoms with Gasteiger partial charge in [0.1, 0.15) is 0 Å². The van der Waals surface area contributed by atoms with E-state index in [1.54, 1.807) is 18.2 Å². The lowest BCUT2D eigenvalue weighted by atomic mass is 9.94. The van der Waals surface area contributed by atoms with Crippen LogP contribution < -0.4 is 5.73 Å². The molecule has 0 saturated carbocycles. The van der Waals surface area contributed by atoms with Gasteiger partial charge in [-0.25, -0.2) is 0 Å². The van der Waals surface area contributed by atoms with Crippen molar-refractivity contribution in [3.05, 3.63) is 28.8 Å². The first-order chi connectivity index (χ1) is 9.11. The average Bonchev–Trinajstić information content (AvgIpc) is 2.39. The van der Waals surface area contributed by atoms with Crippen molar-refractivity contribution >= 4 is 23.2 Å². The van der Waals surface area contributed by atoms with Crippen LogP contribution in [0.4, 0.5) is 5.69 Å². The Morgan fingerprint density at radius 3 is 3.00 bits per heavy atom. The van der Waals surface area contributed by atoms with Gasteiger partial charge in [-0.3, -0.25) is 4.79 Å². The van der Waals surface area contributed by atoms with Crippen LogP contribution in [0.3, 0.4) is 0 Å². The number of hydrogen-bond acceptors (Lipinski definition) is 3. The molecule has 19 heavy (non-hydrogen) atoms. The normalized spacial score (nSPS) is 19.5. The van der Waals surface area contributed by atoms with Gasteiger partial charge in [-0.15, -0.1) is 0 Å². The Morgan fingerprint density at radius 1 is 1.53 bits per heavy atom. The van der Waals surface area contributed by atoms with Crippen molar-refractivity contribution in [1.82, 2.24) is 4.90 Å². The van der Waals surface area contributed by atoms with Crippen LogP contribution >= 0.6 is 11.6 Å². The van der Waals surface area contributed by atoms with E-state index in [1.165, 1.54) is 0 Å². The minimum absolute atomic E-state index is 0.0446. The number of amides is 1. The zero-order valence-electron chi connectivity index (χ0n) is 10.8. The molecule has 2 rings (SSSR count). The van der Waals surface area contributed by atoms with E-state index in [0.29, 0.717) is 28.7 Å². The fourth-order valence-corrected chi connectivity index (χ4v) is 2.75. The van der Waals surface area contributed by atoms with Crippen LogP contribution in [0, 0.1) is 5.92 Å². The third-order valence-corrected chi connectivity index (χ3v) is 3.82. The van der Waals surface area contributed by atoms with Crippen molar-refractivity contribution in [2.45, 2.75) is 19.3 Å². The molecule has 1 aliphatic heterocycles. The van der Waals surface area contributed by atoms with Gasteiger partial charge in [0.25, 0.3) is 5.91 Å². The molecule has 1 aromatic carbocycles. The van der Waals surface area contributed by atoms with Crippen LogP contribution in [0.5, 0.6) is 0 Å². The first kappa shape index (κ1) is 14.2. The highest BCUT2D eigenvalue weighted by molar-refractivity contribution is 6.31. The van der Waals surface area contributed by atoms with Crippen LogP contribution in [0.25, 0.3) is 0 Å². The molecule has 3 N–H and O–H groups in total. The molecule has 1 aliphatic rings. The minimum atomic E-state index is -0.0446. The van der Waals surface area contributed by atoms with Crippen molar-refractivity contribution < 1.29 is 9.90 Å². The Kier molecular flexibility index (Phi) is 4.66. The summed E-state index contributed by atoms with van der Waals surface area (Å²) in [5.41, 5.74) is 6.78. The SMILES string of the molecule is Nc1cc(Cl)ccc1C(=O)N1CCCC(CCO)C1. The summed E-state index contributed by atoms with van der Waals surface area (Å²) in [6.45, 7) is 1.63. The van der Waals surface area contributed by atoms with Crippen LogP contribution in [0.1, 0.15) is 29.6 Å². The lowest BCUT2D eigenvalue weighted by Gasteiger charge is -2.32. The number of carbonyl (C=O) groups excluding carboxylic acids is 1. The first-order valence-corrected chi connectivity index (χ1v) is 6.94. The van der Waals surface area contributed by atoms with E-state index in [0.717, 1.165) is 25.8 Å². The van der Waals surface area contributed by atoms with Crippen molar-refractivity contribution in [3.8, 4) is 0 Å². The highest BCUT2D eigenvalue weighted by Crippen LogP contribution is 2.24. The Balaban J connectivity index is 2.10. The summed E-state index contributed by atoms with van der Waals surface area (Å²) in [5, 5.41) is 9.53. The maximum Gasteiger partial charge on any atom is 0.255 e. The third-order valence-electron chi connectivity index (χ3n) is 3.59. The van der Waals surface area contributed by atoms with Crippen molar-refractivity contribution in [3.63, 3.8) is 0 Å². The number of benzene rings is 1. The van der Waals surface area contributed by atoms with Gasteiger partial charge in [-0.1, -0.05) is 11.6 Å². The molecule has 1 amide bonds. The molecule has 1 heterocycles. The van der Waals surface area contributed by atoms with Crippen molar-refractivity contribution in [1.29, 1.82) is 0 Å². The number of rotatable bonds is 3. The molecular formula is C14H19ClN2O2. The van der Waals surface area contributed by atoms with E-state index in [-0.39, 0.29) is 12.5 Å². The molecule has 5 heteroatoms. The summed E-state index contributed by atoms with van der Waals surface area (Å²) < 4.78 is 0. The molecule has 1 aromatic rings. The molecular weight excluding hydrogens is 264 g/mol. The summed E-state index contributed by atoms with van der Waals surface area (Å²) in [7, 11) is 0. The molecule has 1 saturated heterocycles. The standard InChI is InChI=1S/C14H19ClN2O2/c15-11-3-4-12(13(16)8-11)14(19)17-6-1-2-10(9-17)5-7-18/h3-4,8,10,18H,1-2,5-7,9,16H2. The quantitative estimate of drug-likeness (QED) is 0.835. The number of likely N-dealkylation sites (tertiary alicyclic amines) is 1. The molecule has 0 aliphatic carbocycles. The summed E-state index contributed by atoms with van der Waals surface area (Å²) in [6, 6.07) is 4.96. The lowest BCUT2D eigenvalue weighted by Crippen LogP contribution is -2.40. The Labute approximate surface area is 118 Å². The Morgan fingerprint density at radius 2 is 2.32 bits per heavy atom. The monoisotopic (exact) mass is 282 g/mol. The van der Waals surface area contributed by atoms with Crippen LogP contribution in [0.2, 0.25) is 5.02 Å². The second kappa shape index (κ2) is 6.26. The van der Waals surface area contributed by atoms with Gasteiger partial charge in [0.15, 0.2) is 0 Å². The van der Waals surface area contributed by atoms with E-state index in [2.05, 4.69) is 0 Å². The second-order valence-electron chi connectivity index (χ2n) is 5.00. The summed E-state index contributed by atoms with van der Waals surface area (Å²) >= 11 is 5.84. The van der Waals surface area contributed by atoms with E-state index in [4.69, 9.17) is 22.4 Å². The van der Waals surface area contributed by atoms with Crippen molar-refractivity contribution in [2.24, 2.45) is 5.92 Å². The largest absolute Gasteiger partial charge is 0.398 e. The Hall–Kier alpha value is -1.26. The van der Waals surface area contributed by atoms with Gasteiger partial charge >= 0.3 is 0 Å². The van der Waals surface area contributed by atoms with Gasteiger partial charge in [0.2, 0.25) is 0 Å². The fraction of sp³-hybridized carbons (Fsp3) is 0.500. The van der Waals surface area contributed by atoms with Crippen molar-refractivity contribution in [2.75, 3.05) is 25.4 Å². The predicted molar refractivity (Wildman–Crippen MR) is 76.2 cm³/mol. The highest BCUT2D eigenvalue weighted by Gasteiger charge is 2.25. The van der Waals surface area contributed by atoms with Gasteiger partial charge in [0, 0.05) is 30.4 Å². The second-order valence-corrected chi connectivity index (χ2v) is 5.44. The zero-order valence-corrected chi connectivity index (χ0v) is 11.6. The maximum atomic E-state index is 12.4. The molecule has 0 bridgehead atoms. The molecule has 1 unspecified atom stereocenters. The zero-order chi connectivity index (χ0) is 13.8. The van der Waals surface area contributed by atoms with E-state index < -0.39 is 0 Å². The number of aliphatic hydroxyl groups excluding tert-OH is 1. The average molecular weight is 283 g/mol. The van der Waals surface area contributed by atoms with Gasteiger partial charge in [-0.2, -0.15) is 0 Å². The molecule has 104 valence electrons. The fourth-order valence-electron chi connectivity index (χ4n) is 2.57. The van der Waals surface area contributed by atoms with E-state index in [9.17, 15) is 4.79 Å². The smallest absolute Gasteiger partial charge is 0.255 e. The van der Waals surface area contributed by atoms with Gasteiger partial charge in [-0.05, 0) is 43.4 Å². The summed E-state index contributed by atoms with van der Waals surface area (Å²) in [4.78, 5) is 14.2. The molecule has 0 aromatic heterocycles. The van der Waals surface area contributed by atoms with E-state index in [1.807, 2.05) is 4.90 Å².